The van der Waals surface area contributed by atoms with Crippen molar-refractivity contribution in [3.8, 4) is 10.4 Å². The molecule has 6 nitrogen and oxygen atoms in total. The first kappa shape index (κ1) is 21.9. The maximum Gasteiger partial charge on any atom is 0.263 e. The Bertz CT molecular complexity index is 1300. The largest absolute Gasteiger partial charge is 0.372 e. The molecule has 0 N–H and O–H groups in total. The maximum absolute atomic E-state index is 13.2. The van der Waals surface area contributed by atoms with E-state index in [0.29, 0.717) is 16.8 Å². The van der Waals surface area contributed by atoms with Crippen molar-refractivity contribution in [1.82, 2.24) is 14.5 Å². The summed E-state index contributed by atoms with van der Waals surface area (Å²) in [4.78, 5) is 36.3. The number of nitrogens with zero attached hydrogens (tertiary/aromatic N) is 4. The van der Waals surface area contributed by atoms with Gasteiger partial charge in [0.05, 0.1) is 11.7 Å². The Balaban J connectivity index is 1.29. The molecule has 0 spiro atoms. The predicted octanol–water partition coefficient (Wildman–Crippen LogP) is 4.84. The summed E-state index contributed by atoms with van der Waals surface area (Å²) < 4.78 is 1.42. The van der Waals surface area contributed by atoms with Crippen LogP contribution in [-0.2, 0) is 17.9 Å². The van der Waals surface area contributed by atoms with Crippen molar-refractivity contribution in [3.63, 3.8) is 0 Å². The Labute approximate surface area is 200 Å². The number of amides is 1. The Hall–Kier alpha value is -2.97. The standard InChI is InChI=1S/C25H26N4O2S2/c1-27(14-18-7-9-19(10-8-18)28-11-3-2-4-12-28)22(30)15-29-17-26-24-23(25(29)31)20(16-33-24)21-6-5-13-32-21/h5-10,13,16-17H,2-4,11-12,14-15H2,1H3. The number of hydrogen-bond donors (Lipinski definition) is 0. The fourth-order valence-electron chi connectivity index (χ4n) is 4.29. The highest BCUT2D eigenvalue weighted by atomic mass is 32.1. The van der Waals surface area contributed by atoms with E-state index in [2.05, 4.69) is 34.1 Å². The predicted molar refractivity (Wildman–Crippen MR) is 136 cm³/mol. The van der Waals surface area contributed by atoms with Gasteiger partial charge in [-0.3, -0.25) is 14.2 Å². The highest BCUT2D eigenvalue weighted by Gasteiger charge is 2.17. The maximum atomic E-state index is 13.2. The summed E-state index contributed by atoms with van der Waals surface area (Å²) >= 11 is 3.05. The van der Waals surface area contributed by atoms with Crippen LogP contribution >= 0.6 is 22.7 Å². The number of anilines is 1. The number of rotatable bonds is 6. The zero-order chi connectivity index (χ0) is 22.8. The molecule has 1 amide bonds. The van der Waals surface area contributed by atoms with E-state index in [4.69, 9.17) is 0 Å². The average Bonchev–Trinajstić information content (AvgIpc) is 3.52. The van der Waals surface area contributed by atoms with Gasteiger partial charge in [-0.25, -0.2) is 4.98 Å². The molecule has 170 valence electrons. The van der Waals surface area contributed by atoms with Crippen LogP contribution < -0.4 is 10.5 Å². The highest BCUT2D eigenvalue weighted by Crippen LogP contribution is 2.33. The summed E-state index contributed by atoms with van der Waals surface area (Å²) in [6, 6.07) is 12.4. The summed E-state index contributed by atoms with van der Waals surface area (Å²) in [6.07, 6.45) is 5.30. The molecule has 0 atom stereocenters. The molecule has 0 unspecified atom stereocenters. The van der Waals surface area contributed by atoms with E-state index < -0.39 is 0 Å². The van der Waals surface area contributed by atoms with Crippen LogP contribution in [0.1, 0.15) is 24.8 Å². The molecule has 0 bridgehead atoms. The molecular formula is C25H26N4O2S2. The Morgan fingerprint density at radius 3 is 2.61 bits per heavy atom. The normalized spacial score (nSPS) is 14.0. The molecular weight excluding hydrogens is 452 g/mol. The molecule has 1 aromatic carbocycles. The van der Waals surface area contributed by atoms with Gasteiger partial charge < -0.3 is 9.80 Å². The molecule has 33 heavy (non-hydrogen) atoms. The van der Waals surface area contributed by atoms with E-state index in [9.17, 15) is 9.59 Å². The molecule has 1 aliphatic heterocycles. The van der Waals surface area contributed by atoms with Crippen molar-refractivity contribution in [2.45, 2.75) is 32.4 Å². The summed E-state index contributed by atoms with van der Waals surface area (Å²) in [5.74, 6) is -0.119. The molecule has 0 radical (unpaired) electrons. The zero-order valence-corrected chi connectivity index (χ0v) is 20.2. The van der Waals surface area contributed by atoms with Crippen molar-refractivity contribution in [2.24, 2.45) is 0 Å². The second-order valence-corrected chi connectivity index (χ2v) is 10.3. The lowest BCUT2D eigenvalue weighted by Gasteiger charge is -2.29. The smallest absolute Gasteiger partial charge is 0.263 e. The lowest BCUT2D eigenvalue weighted by Crippen LogP contribution is -2.33. The van der Waals surface area contributed by atoms with Crippen LogP contribution in [0.2, 0.25) is 0 Å². The van der Waals surface area contributed by atoms with Gasteiger partial charge in [0, 0.05) is 48.2 Å². The van der Waals surface area contributed by atoms with Crippen molar-refractivity contribution < 1.29 is 4.79 Å². The third kappa shape index (κ3) is 4.58. The average molecular weight is 479 g/mol. The zero-order valence-electron chi connectivity index (χ0n) is 18.6. The van der Waals surface area contributed by atoms with Crippen LogP contribution in [-0.4, -0.2) is 40.5 Å². The first-order valence-corrected chi connectivity index (χ1v) is 12.9. The van der Waals surface area contributed by atoms with E-state index in [-0.39, 0.29) is 18.0 Å². The van der Waals surface area contributed by atoms with Crippen LogP contribution in [0.5, 0.6) is 0 Å². The lowest BCUT2D eigenvalue weighted by molar-refractivity contribution is -0.131. The minimum Gasteiger partial charge on any atom is -0.372 e. The number of aromatic nitrogens is 2. The first-order chi connectivity index (χ1) is 16.1. The van der Waals surface area contributed by atoms with Gasteiger partial charge >= 0.3 is 0 Å². The van der Waals surface area contributed by atoms with Crippen LogP contribution in [0, 0.1) is 0 Å². The number of hydrogen-bond acceptors (Lipinski definition) is 6. The third-order valence-corrected chi connectivity index (χ3v) is 7.95. The number of benzene rings is 1. The minimum absolute atomic E-state index is 0.0239. The Kier molecular flexibility index (Phi) is 6.28. The topological polar surface area (TPSA) is 58.4 Å². The van der Waals surface area contributed by atoms with E-state index in [0.717, 1.165) is 29.1 Å². The molecule has 4 heterocycles. The molecule has 3 aromatic heterocycles. The second kappa shape index (κ2) is 9.49. The lowest BCUT2D eigenvalue weighted by atomic mass is 10.1. The molecule has 0 aliphatic carbocycles. The second-order valence-electron chi connectivity index (χ2n) is 8.45. The third-order valence-electron chi connectivity index (χ3n) is 6.16. The molecule has 4 aromatic rings. The van der Waals surface area contributed by atoms with Gasteiger partial charge in [0.1, 0.15) is 11.4 Å². The van der Waals surface area contributed by atoms with Gasteiger partial charge in [-0.15, -0.1) is 22.7 Å². The summed E-state index contributed by atoms with van der Waals surface area (Å²) in [6.45, 7) is 2.71. The highest BCUT2D eigenvalue weighted by molar-refractivity contribution is 7.18. The Morgan fingerprint density at radius 2 is 1.88 bits per heavy atom. The van der Waals surface area contributed by atoms with E-state index in [1.807, 2.05) is 22.9 Å². The molecule has 1 saturated heterocycles. The van der Waals surface area contributed by atoms with E-state index in [1.165, 1.54) is 47.2 Å². The van der Waals surface area contributed by atoms with Gasteiger partial charge in [0.25, 0.3) is 5.56 Å². The first-order valence-electron chi connectivity index (χ1n) is 11.2. The number of fused-ring (bicyclic) bond motifs is 1. The van der Waals surface area contributed by atoms with Crippen molar-refractivity contribution in [2.75, 3.05) is 25.0 Å². The number of thiophene rings is 2. The number of carbonyl (C=O) groups is 1. The number of carbonyl (C=O) groups excluding carboxylic acids is 1. The van der Waals surface area contributed by atoms with Gasteiger partial charge in [-0.1, -0.05) is 18.2 Å². The van der Waals surface area contributed by atoms with Crippen LogP contribution in [0.3, 0.4) is 0 Å². The molecule has 5 rings (SSSR count). The molecule has 0 saturated carbocycles. The fraction of sp³-hybridized carbons (Fsp3) is 0.320. The quantitative estimate of drug-likeness (QED) is 0.398. The van der Waals surface area contributed by atoms with Crippen molar-refractivity contribution >= 4 is 44.5 Å². The summed E-state index contributed by atoms with van der Waals surface area (Å²) in [5, 5.41) is 4.55. The number of likely N-dealkylation sites (N-methyl/N-ethyl adjacent to an activating group) is 1. The van der Waals surface area contributed by atoms with E-state index in [1.54, 1.807) is 23.3 Å². The fourth-order valence-corrected chi connectivity index (χ4v) is 6.01. The van der Waals surface area contributed by atoms with Gasteiger partial charge in [0.15, 0.2) is 0 Å². The van der Waals surface area contributed by atoms with Crippen LogP contribution in [0.15, 0.2) is 58.3 Å². The minimum atomic E-state index is -0.169. The van der Waals surface area contributed by atoms with E-state index >= 15 is 0 Å². The van der Waals surface area contributed by atoms with Gasteiger partial charge in [-0.05, 0) is 48.4 Å². The molecule has 1 aliphatic rings. The van der Waals surface area contributed by atoms with Gasteiger partial charge in [0.2, 0.25) is 5.91 Å². The SMILES string of the molecule is CN(Cc1ccc(N2CCCCC2)cc1)C(=O)Cn1cnc2scc(-c3cccs3)c2c1=O. The Morgan fingerprint density at radius 1 is 1.09 bits per heavy atom. The van der Waals surface area contributed by atoms with Crippen molar-refractivity contribution in [3.05, 3.63) is 69.4 Å². The van der Waals surface area contributed by atoms with Crippen LogP contribution in [0.4, 0.5) is 5.69 Å². The molecule has 1 fully saturated rings. The monoisotopic (exact) mass is 478 g/mol. The van der Waals surface area contributed by atoms with Crippen LogP contribution in [0.25, 0.3) is 20.7 Å². The summed E-state index contributed by atoms with van der Waals surface area (Å²) in [5.41, 5.74) is 3.05. The molecule has 8 heteroatoms. The summed E-state index contributed by atoms with van der Waals surface area (Å²) in [7, 11) is 1.78. The van der Waals surface area contributed by atoms with Crippen molar-refractivity contribution in [1.29, 1.82) is 0 Å². The number of piperidine rings is 1. The van der Waals surface area contributed by atoms with Gasteiger partial charge in [-0.2, -0.15) is 0 Å².